The molecule has 1 amide bonds. The number of nitrogens with zero attached hydrogens (tertiary/aromatic N) is 2. The second-order valence-corrected chi connectivity index (χ2v) is 6.09. The van der Waals surface area contributed by atoms with Gasteiger partial charge in [0.15, 0.2) is 0 Å². The van der Waals surface area contributed by atoms with Gasteiger partial charge in [0.1, 0.15) is 0 Å². The number of aromatic nitrogens is 2. The van der Waals surface area contributed by atoms with Crippen LogP contribution in [0.1, 0.15) is 22.8 Å². The van der Waals surface area contributed by atoms with Crippen molar-refractivity contribution in [3.8, 4) is 5.69 Å². The molecule has 132 valence electrons. The summed E-state index contributed by atoms with van der Waals surface area (Å²) >= 11 is 0. The van der Waals surface area contributed by atoms with Gasteiger partial charge in [-0.05, 0) is 54.4 Å². The zero-order valence-electron chi connectivity index (χ0n) is 14.3. The maximum atomic E-state index is 12.4. The molecular formula is C20H19N3O3. The lowest BCUT2D eigenvalue weighted by molar-refractivity contribution is -0.141. The summed E-state index contributed by atoms with van der Waals surface area (Å²) in [6, 6.07) is 16.2. The Labute approximate surface area is 151 Å². The van der Waals surface area contributed by atoms with Gasteiger partial charge in [0.05, 0.1) is 11.6 Å². The summed E-state index contributed by atoms with van der Waals surface area (Å²) in [6.07, 6.45) is 3.99. The van der Waals surface area contributed by atoms with Crippen LogP contribution in [0, 0.1) is 5.92 Å². The van der Waals surface area contributed by atoms with E-state index in [4.69, 9.17) is 5.11 Å². The molecule has 6 heteroatoms. The van der Waals surface area contributed by atoms with E-state index in [1.165, 1.54) is 0 Å². The maximum Gasteiger partial charge on any atom is 0.306 e. The van der Waals surface area contributed by atoms with Crippen molar-refractivity contribution < 1.29 is 14.7 Å². The summed E-state index contributed by atoms with van der Waals surface area (Å²) in [6.45, 7) is 1.67. The second kappa shape index (κ2) is 7.65. The molecule has 0 saturated carbocycles. The van der Waals surface area contributed by atoms with Gasteiger partial charge >= 0.3 is 5.97 Å². The Morgan fingerprint density at radius 3 is 2.38 bits per heavy atom. The van der Waals surface area contributed by atoms with Gasteiger partial charge in [-0.1, -0.05) is 19.1 Å². The van der Waals surface area contributed by atoms with Crippen LogP contribution in [0.4, 0.5) is 5.69 Å². The van der Waals surface area contributed by atoms with Crippen molar-refractivity contribution in [1.29, 1.82) is 0 Å². The van der Waals surface area contributed by atoms with Crippen LogP contribution in [-0.2, 0) is 11.2 Å². The van der Waals surface area contributed by atoms with Crippen molar-refractivity contribution in [3.63, 3.8) is 0 Å². The Bertz CT molecular complexity index is 885. The summed E-state index contributed by atoms with van der Waals surface area (Å²) < 4.78 is 1.72. The van der Waals surface area contributed by atoms with Crippen molar-refractivity contribution in [3.05, 3.63) is 78.1 Å². The lowest BCUT2D eigenvalue weighted by atomic mass is 10.0. The van der Waals surface area contributed by atoms with Crippen LogP contribution in [0.25, 0.3) is 5.69 Å². The molecule has 1 atom stereocenters. The van der Waals surface area contributed by atoms with E-state index in [-0.39, 0.29) is 5.91 Å². The van der Waals surface area contributed by atoms with Gasteiger partial charge in [-0.15, -0.1) is 0 Å². The first-order valence-corrected chi connectivity index (χ1v) is 8.26. The first-order valence-electron chi connectivity index (χ1n) is 8.26. The van der Waals surface area contributed by atoms with Gasteiger partial charge in [0, 0.05) is 23.6 Å². The molecule has 0 radical (unpaired) electrons. The molecule has 3 rings (SSSR count). The van der Waals surface area contributed by atoms with Crippen LogP contribution < -0.4 is 5.32 Å². The number of anilines is 1. The molecule has 0 aliphatic rings. The Balaban J connectivity index is 1.63. The largest absolute Gasteiger partial charge is 0.481 e. The summed E-state index contributed by atoms with van der Waals surface area (Å²) in [5.41, 5.74) is 3.01. The summed E-state index contributed by atoms with van der Waals surface area (Å²) in [4.78, 5) is 23.3. The third kappa shape index (κ3) is 4.16. The number of hydrogen-bond acceptors (Lipinski definition) is 3. The molecular weight excluding hydrogens is 330 g/mol. The lowest BCUT2D eigenvalue weighted by Crippen LogP contribution is -2.13. The zero-order valence-corrected chi connectivity index (χ0v) is 14.3. The van der Waals surface area contributed by atoms with Gasteiger partial charge in [-0.3, -0.25) is 9.59 Å². The third-order valence-corrected chi connectivity index (χ3v) is 4.07. The van der Waals surface area contributed by atoms with Crippen LogP contribution >= 0.6 is 0 Å². The van der Waals surface area contributed by atoms with Crippen molar-refractivity contribution in [2.75, 3.05) is 5.32 Å². The minimum Gasteiger partial charge on any atom is -0.481 e. The quantitative estimate of drug-likeness (QED) is 0.714. The predicted molar refractivity (Wildman–Crippen MR) is 98.5 cm³/mol. The number of carboxylic acids is 1. The predicted octanol–water partition coefficient (Wildman–Crippen LogP) is 3.39. The number of rotatable bonds is 6. The highest BCUT2D eigenvalue weighted by molar-refractivity contribution is 6.04. The van der Waals surface area contributed by atoms with Gasteiger partial charge < -0.3 is 10.4 Å². The number of benzene rings is 2. The minimum absolute atomic E-state index is 0.205. The van der Waals surface area contributed by atoms with Gasteiger partial charge in [0.2, 0.25) is 0 Å². The molecule has 1 unspecified atom stereocenters. The second-order valence-electron chi connectivity index (χ2n) is 6.09. The lowest BCUT2D eigenvalue weighted by Gasteiger charge is -2.09. The molecule has 0 spiro atoms. The van der Waals surface area contributed by atoms with Crippen molar-refractivity contribution >= 4 is 17.6 Å². The van der Waals surface area contributed by atoms with E-state index in [0.717, 1.165) is 11.3 Å². The third-order valence-electron chi connectivity index (χ3n) is 4.07. The highest BCUT2D eigenvalue weighted by atomic mass is 16.4. The average molecular weight is 349 g/mol. The smallest absolute Gasteiger partial charge is 0.306 e. The molecule has 2 N–H and O–H groups in total. The fraction of sp³-hybridized carbons (Fsp3) is 0.150. The van der Waals surface area contributed by atoms with E-state index in [0.29, 0.717) is 17.7 Å². The Morgan fingerprint density at radius 1 is 1.12 bits per heavy atom. The molecule has 26 heavy (non-hydrogen) atoms. The molecule has 1 heterocycles. The first-order chi connectivity index (χ1) is 12.5. The van der Waals surface area contributed by atoms with Gasteiger partial charge in [-0.25, -0.2) is 4.68 Å². The van der Waals surface area contributed by atoms with Crippen molar-refractivity contribution in [1.82, 2.24) is 9.78 Å². The Hall–Kier alpha value is -3.41. The fourth-order valence-corrected chi connectivity index (χ4v) is 2.56. The number of carboxylic acid groups (broad SMARTS) is 1. The van der Waals surface area contributed by atoms with E-state index in [2.05, 4.69) is 10.4 Å². The van der Waals surface area contributed by atoms with Gasteiger partial charge in [0.25, 0.3) is 5.91 Å². The van der Waals surface area contributed by atoms with E-state index < -0.39 is 11.9 Å². The SMILES string of the molecule is CC(Cc1ccc(NC(=O)c2ccc(-n3cccn3)cc2)cc1)C(=O)O. The zero-order chi connectivity index (χ0) is 18.5. The van der Waals surface area contributed by atoms with Gasteiger partial charge in [-0.2, -0.15) is 5.10 Å². The maximum absolute atomic E-state index is 12.4. The molecule has 0 fully saturated rings. The normalized spacial score (nSPS) is 11.7. The highest BCUT2D eigenvalue weighted by Gasteiger charge is 2.12. The summed E-state index contributed by atoms with van der Waals surface area (Å²) in [5, 5.41) is 15.9. The summed E-state index contributed by atoms with van der Waals surface area (Å²) in [7, 11) is 0. The number of amides is 1. The molecule has 0 saturated heterocycles. The molecule has 0 aliphatic heterocycles. The van der Waals surface area contributed by atoms with Crippen LogP contribution in [0.5, 0.6) is 0 Å². The highest BCUT2D eigenvalue weighted by Crippen LogP contribution is 2.15. The topological polar surface area (TPSA) is 84.2 Å². The molecule has 1 aromatic heterocycles. The number of hydrogen-bond donors (Lipinski definition) is 2. The van der Waals surface area contributed by atoms with Crippen molar-refractivity contribution in [2.45, 2.75) is 13.3 Å². The van der Waals surface area contributed by atoms with Crippen LogP contribution in [0.15, 0.2) is 67.0 Å². The van der Waals surface area contributed by atoms with Crippen LogP contribution in [0.3, 0.4) is 0 Å². The van der Waals surface area contributed by atoms with E-state index >= 15 is 0 Å². The first kappa shape index (κ1) is 17.4. The van der Waals surface area contributed by atoms with E-state index in [9.17, 15) is 9.59 Å². The Morgan fingerprint density at radius 2 is 1.81 bits per heavy atom. The number of aliphatic carboxylic acids is 1. The molecule has 6 nitrogen and oxygen atoms in total. The standard InChI is InChI=1S/C20H19N3O3/c1-14(20(25)26)13-15-3-7-17(8-4-15)22-19(24)16-5-9-18(10-6-16)23-12-2-11-21-23/h2-12,14H,13H2,1H3,(H,22,24)(H,25,26). The van der Waals surface area contributed by atoms with Crippen LogP contribution in [0.2, 0.25) is 0 Å². The molecule has 0 aliphatic carbocycles. The minimum atomic E-state index is -0.819. The summed E-state index contributed by atoms with van der Waals surface area (Å²) in [5.74, 6) is -1.46. The fourth-order valence-electron chi connectivity index (χ4n) is 2.56. The number of carbonyl (C=O) groups is 2. The molecule has 3 aromatic rings. The molecule has 2 aromatic carbocycles. The van der Waals surface area contributed by atoms with E-state index in [1.807, 2.05) is 36.5 Å². The number of carbonyl (C=O) groups excluding carboxylic acids is 1. The monoisotopic (exact) mass is 349 g/mol. The van der Waals surface area contributed by atoms with Crippen molar-refractivity contribution in [2.24, 2.45) is 5.92 Å². The average Bonchev–Trinajstić information content (AvgIpc) is 3.18. The van der Waals surface area contributed by atoms with Crippen LogP contribution in [-0.4, -0.2) is 26.8 Å². The number of nitrogens with one attached hydrogen (secondary N) is 1. The van der Waals surface area contributed by atoms with E-state index in [1.54, 1.807) is 42.1 Å². The Kier molecular flexibility index (Phi) is 5.12. The molecule has 0 bridgehead atoms.